The molecule has 2 aromatic rings. The van der Waals surface area contributed by atoms with Gasteiger partial charge in [0.25, 0.3) is 0 Å². The van der Waals surface area contributed by atoms with Crippen LogP contribution in [0.3, 0.4) is 0 Å². The van der Waals surface area contributed by atoms with Crippen LogP contribution < -0.4 is 0 Å². The number of hydrogen-bond donors (Lipinski definition) is 0. The topological polar surface area (TPSA) is 62.7 Å². The maximum atomic E-state index is 8.44. The first-order chi connectivity index (χ1) is 7.29. The zero-order valence-electron chi connectivity index (χ0n) is 7.64. The van der Waals surface area contributed by atoms with Crippen LogP contribution in [-0.2, 0) is 6.42 Å². The normalized spacial score (nSPS) is 9.87. The molecule has 2 rings (SSSR count). The second kappa shape index (κ2) is 4.11. The molecule has 1 heterocycles. The molecule has 15 heavy (non-hydrogen) atoms. The van der Waals surface area contributed by atoms with Crippen molar-refractivity contribution in [2.45, 2.75) is 6.42 Å². The average molecular weight is 220 g/mol. The second-order valence-electron chi connectivity index (χ2n) is 2.85. The highest BCUT2D eigenvalue weighted by Gasteiger charge is 2.07. The van der Waals surface area contributed by atoms with Gasteiger partial charge in [-0.05, 0) is 24.3 Å². The van der Waals surface area contributed by atoms with Crippen LogP contribution in [0.15, 0.2) is 28.8 Å². The standard InChI is InChI=1S/C10H6ClN3O/c11-8-3-1-7(2-4-8)10-13-9(5-6-12)15-14-10/h1-4H,5H2. The maximum absolute atomic E-state index is 8.44. The highest BCUT2D eigenvalue weighted by atomic mass is 35.5. The SMILES string of the molecule is N#CCc1nc(-c2ccc(Cl)cc2)no1. The predicted molar refractivity (Wildman–Crippen MR) is 54.1 cm³/mol. The molecule has 1 aromatic carbocycles. The van der Waals surface area contributed by atoms with Gasteiger partial charge in [-0.2, -0.15) is 10.2 Å². The van der Waals surface area contributed by atoms with Gasteiger partial charge >= 0.3 is 0 Å². The van der Waals surface area contributed by atoms with E-state index in [9.17, 15) is 0 Å². The Bertz CT molecular complexity index is 498. The van der Waals surface area contributed by atoms with Crippen molar-refractivity contribution < 1.29 is 4.52 Å². The summed E-state index contributed by atoms with van der Waals surface area (Å²) in [5.74, 6) is 0.791. The van der Waals surface area contributed by atoms with Gasteiger partial charge in [0.05, 0.1) is 6.07 Å². The van der Waals surface area contributed by atoms with E-state index in [0.29, 0.717) is 16.7 Å². The first kappa shape index (κ1) is 9.69. The van der Waals surface area contributed by atoms with Crippen LogP contribution >= 0.6 is 11.6 Å². The number of benzene rings is 1. The van der Waals surface area contributed by atoms with Gasteiger partial charge in [-0.1, -0.05) is 16.8 Å². The van der Waals surface area contributed by atoms with Crippen molar-refractivity contribution in [3.63, 3.8) is 0 Å². The van der Waals surface area contributed by atoms with Crippen LogP contribution in [0.4, 0.5) is 0 Å². The summed E-state index contributed by atoms with van der Waals surface area (Å²) in [6.07, 6.45) is 0.126. The van der Waals surface area contributed by atoms with Gasteiger partial charge < -0.3 is 4.52 Å². The number of nitriles is 1. The van der Waals surface area contributed by atoms with Crippen LogP contribution in [-0.4, -0.2) is 10.1 Å². The Labute approximate surface area is 91.1 Å². The summed E-state index contributed by atoms with van der Waals surface area (Å²) in [7, 11) is 0. The van der Waals surface area contributed by atoms with Crippen molar-refractivity contribution >= 4 is 11.6 Å². The third-order valence-electron chi connectivity index (χ3n) is 1.80. The van der Waals surface area contributed by atoms with Crippen LogP contribution in [0.5, 0.6) is 0 Å². The quantitative estimate of drug-likeness (QED) is 0.778. The maximum Gasteiger partial charge on any atom is 0.241 e. The van der Waals surface area contributed by atoms with E-state index in [4.69, 9.17) is 21.4 Å². The summed E-state index contributed by atoms with van der Waals surface area (Å²) in [6, 6.07) is 9.02. The Morgan fingerprint density at radius 2 is 2.07 bits per heavy atom. The third kappa shape index (κ3) is 2.14. The lowest BCUT2D eigenvalue weighted by Crippen LogP contribution is -1.82. The minimum atomic E-state index is 0.126. The number of hydrogen-bond acceptors (Lipinski definition) is 4. The van der Waals surface area contributed by atoms with Gasteiger partial charge in [-0.3, -0.25) is 0 Å². The molecule has 0 saturated heterocycles. The summed E-state index contributed by atoms with van der Waals surface area (Å²) in [6.45, 7) is 0. The summed E-state index contributed by atoms with van der Waals surface area (Å²) in [5.41, 5.74) is 0.812. The lowest BCUT2D eigenvalue weighted by atomic mass is 10.2. The van der Waals surface area contributed by atoms with Gasteiger partial charge in [0, 0.05) is 10.6 Å². The highest BCUT2D eigenvalue weighted by molar-refractivity contribution is 6.30. The molecule has 4 nitrogen and oxygen atoms in total. The molecule has 0 saturated carbocycles. The van der Waals surface area contributed by atoms with Crippen LogP contribution in [0, 0.1) is 11.3 Å². The molecule has 5 heteroatoms. The third-order valence-corrected chi connectivity index (χ3v) is 2.05. The van der Waals surface area contributed by atoms with Crippen molar-refractivity contribution in [3.05, 3.63) is 35.2 Å². The van der Waals surface area contributed by atoms with Crippen molar-refractivity contribution in [2.75, 3.05) is 0 Å². The molecule has 0 fully saturated rings. The van der Waals surface area contributed by atoms with Crippen LogP contribution in [0.25, 0.3) is 11.4 Å². The predicted octanol–water partition coefficient (Wildman–Crippen LogP) is 2.46. The molecule has 0 amide bonds. The summed E-state index contributed by atoms with van der Waals surface area (Å²) in [5, 5.41) is 12.8. The molecule has 0 spiro atoms. The largest absolute Gasteiger partial charge is 0.338 e. The second-order valence-corrected chi connectivity index (χ2v) is 3.29. The Morgan fingerprint density at radius 1 is 1.33 bits per heavy atom. The minimum Gasteiger partial charge on any atom is -0.338 e. The van der Waals surface area contributed by atoms with Gasteiger partial charge in [0.2, 0.25) is 11.7 Å². The van der Waals surface area contributed by atoms with E-state index < -0.39 is 0 Å². The van der Waals surface area contributed by atoms with E-state index in [1.165, 1.54) is 0 Å². The summed E-state index contributed by atoms with van der Waals surface area (Å²) in [4.78, 5) is 4.06. The van der Waals surface area contributed by atoms with E-state index in [2.05, 4.69) is 10.1 Å². The van der Waals surface area contributed by atoms with Gasteiger partial charge in [-0.15, -0.1) is 0 Å². The Hall–Kier alpha value is -1.86. The van der Waals surface area contributed by atoms with E-state index in [1.807, 2.05) is 6.07 Å². The fourth-order valence-electron chi connectivity index (χ4n) is 1.11. The molecular weight excluding hydrogens is 214 g/mol. The zero-order valence-corrected chi connectivity index (χ0v) is 8.40. The number of aromatic nitrogens is 2. The summed E-state index contributed by atoms with van der Waals surface area (Å²) < 4.78 is 4.87. The molecule has 0 N–H and O–H groups in total. The summed E-state index contributed by atoms with van der Waals surface area (Å²) >= 11 is 5.75. The van der Waals surface area contributed by atoms with E-state index in [1.54, 1.807) is 24.3 Å². The van der Waals surface area contributed by atoms with E-state index in [0.717, 1.165) is 5.56 Å². The number of rotatable bonds is 2. The molecule has 0 aliphatic carbocycles. The Morgan fingerprint density at radius 3 is 2.73 bits per heavy atom. The molecule has 0 bridgehead atoms. The van der Waals surface area contributed by atoms with Crippen molar-refractivity contribution in [1.82, 2.24) is 10.1 Å². The molecule has 74 valence electrons. The Balaban J connectivity index is 2.30. The smallest absolute Gasteiger partial charge is 0.241 e. The van der Waals surface area contributed by atoms with Gasteiger partial charge in [-0.25, -0.2) is 0 Å². The minimum absolute atomic E-state index is 0.126. The van der Waals surface area contributed by atoms with Gasteiger partial charge in [0.15, 0.2) is 0 Å². The van der Waals surface area contributed by atoms with Crippen LogP contribution in [0.2, 0.25) is 5.02 Å². The molecular formula is C10H6ClN3O. The van der Waals surface area contributed by atoms with Gasteiger partial charge in [0.1, 0.15) is 6.42 Å². The lowest BCUT2D eigenvalue weighted by molar-refractivity contribution is 0.388. The molecule has 0 radical (unpaired) electrons. The average Bonchev–Trinajstić information content (AvgIpc) is 2.68. The number of nitrogens with zero attached hydrogens (tertiary/aromatic N) is 3. The highest BCUT2D eigenvalue weighted by Crippen LogP contribution is 2.18. The van der Waals surface area contributed by atoms with Crippen molar-refractivity contribution in [3.8, 4) is 17.5 Å². The van der Waals surface area contributed by atoms with E-state index in [-0.39, 0.29) is 6.42 Å². The van der Waals surface area contributed by atoms with E-state index >= 15 is 0 Å². The first-order valence-electron chi connectivity index (χ1n) is 4.25. The van der Waals surface area contributed by atoms with Crippen LogP contribution in [0.1, 0.15) is 5.89 Å². The number of halogens is 1. The Kier molecular flexibility index (Phi) is 2.66. The molecule has 0 aliphatic heterocycles. The first-order valence-corrected chi connectivity index (χ1v) is 4.63. The molecule has 0 atom stereocenters. The monoisotopic (exact) mass is 219 g/mol. The van der Waals surface area contributed by atoms with Crippen molar-refractivity contribution in [2.24, 2.45) is 0 Å². The fraction of sp³-hybridized carbons (Fsp3) is 0.100. The zero-order chi connectivity index (χ0) is 10.7. The lowest BCUT2D eigenvalue weighted by Gasteiger charge is -1.92. The van der Waals surface area contributed by atoms with Crippen molar-refractivity contribution in [1.29, 1.82) is 5.26 Å². The molecule has 0 aliphatic rings. The molecule has 0 unspecified atom stereocenters. The molecule has 1 aromatic heterocycles. The fourth-order valence-corrected chi connectivity index (χ4v) is 1.24.